The first-order valence-electron chi connectivity index (χ1n) is 9.50. The average Bonchev–Trinajstić information content (AvgIpc) is 2.69. The van der Waals surface area contributed by atoms with E-state index >= 15 is 0 Å². The van der Waals surface area contributed by atoms with Crippen molar-refractivity contribution in [3.8, 4) is 0 Å². The van der Waals surface area contributed by atoms with Gasteiger partial charge in [0, 0.05) is 50.4 Å². The van der Waals surface area contributed by atoms with E-state index in [1.165, 1.54) is 0 Å². The number of carbonyl (C=O) groups excluding carboxylic acids is 3. The molecule has 8 nitrogen and oxygen atoms in total. The van der Waals surface area contributed by atoms with Gasteiger partial charge < -0.3 is 20.9 Å². The molecule has 27 heavy (non-hydrogen) atoms. The highest BCUT2D eigenvalue weighted by molar-refractivity contribution is 6.01. The van der Waals surface area contributed by atoms with Crippen LogP contribution < -0.4 is 21.3 Å². The van der Waals surface area contributed by atoms with E-state index < -0.39 is 0 Å². The Labute approximate surface area is 159 Å². The van der Waals surface area contributed by atoms with Crippen LogP contribution in [0.25, 0.3) is 0 Å². The Morgan fingerprint density at radius 2 is 1.85 bits per heavy atom. The van der Waals surface area contributed by atoms with Gasteiger partial charge in [-0.2, -0.15) is 0 Å². The predicted molar refractivity (Wildman–Crippen MR) is 103 cm³/mol. The van der Waals surface area contributed by atoms with Gasteiger partial charge in [0.15, 0.2) is 0 Å². The van der Waals surface area contributed by atoms with E-state index in [-0.39, 0.29) is 23.8 Å². The number of piperidine rings is 1. The minimum atomic E-state index is -0.378. The maximum absolute atomic E-state index is 12.1. The summed E-state index contributed by atoms with van der Waals surface area (Å²) in [5.41, 5.74) is 7.41. The number of piperazine rings is 1. The van der Waals surface area contributed by atoms with Crippen molar-refractivity contribution in [2.75, 3.05) is 42.9 Å². The summed E-state index contributed by atoms with van der Waals surface area (Å²) in [7, 11) is 0. The van der Waals surface area contributed by atoms with E-state index in [2.05, 4.69) is 15.5 Å². The van der Waals surface area contributed by atoms with Gasteiger partial charge in [-0.25, -0.2) is 0 Å². The van der Waals surface area contributed by atoms with Crippen molar-refractivity contribution in [2.45, 2.75) is 31.7 Å². The van der Waals surface area contributed by atoms with Gasteiger partial charge in [0.1, 0.15) is 6.04 Å². The standard InChI is InChI=1S/C19H27N5O3/c20-9-1-2-18(26)24-12-10-23(11-13-24)15-5-3-14(4-6-15)21-16-7-8-17(25)22-19(16)27/h3-6,16,21H,1-2,7-13,20H2,(H,22,25,27). The topological polar surface area (TPSA) is 108 Å². The fourth-order valence-electron chi connectivity index (χ4n) is 3.43. The van der Waals surface area contributed by atoms with Crippen molar-refractivity contribution < 1.29 is 14.4 Å². The zero-order chi connectivity index (χ0) is 19.2. The van der Waals surface area contributed by atoms with Crippen LogP contribution in [0.3, 0.4) is 0 Å². The maximum atomic E-state index is 12.1. The second-order valence-corrected chi connectivity index (χ2v) is 6.95. The van der Waals surface area contributed by atoms with Crippen molar-refractivity contribution in [1.82, 2.24) is 10.2 Å². The summed E-state index contributed by atoms with van der Waals surface area (Å²) >= 11 is 0. The first kappa shape index (κ1) is 19.2. The summed E-state index contributed by atoms with van der Waals surface area (Å²) in [5.74, 6) is -0.302. The fourth-order valence-corrected chi connectivity index (χ4v) is 3.43. The number of hydrogen-bond acceptors (Lipinski definition) is 6. The largest absolute Gasteiger partial charge is 0.374 e. The summed E-state index contributed by atoms with van der Waals surface area (Å²) in [5, 5.41) is 5.53. The van der Waals surface area contributed by atoms with Crippen molar-refractivity contribution >= 4 is 29.1 Å². The lowest BCUT2D eigenvalue weighted by molar-refractivity contribution is -0.134. The Balaban J connectivity index is 1.50. The van der Waals surface area contributed by atoms with Crippen LogP contribution >= 0.6 is 0 Å². The van der Waals surface area contributed by atoms with Crippen LogP contribution in [0.2, 0.25) is 0 Å². The molecule has 3 rings (SSSR count). The van der Waals surface area contributed by atoms with Gasteiger partial charge in [-0.1, -0.05) is 0 Å². The summed E-state index contributed by atoms with van der Waals surface area (Å²) in [6, 6.07) is 7.53. The van der Waals surface area contributed by atoms with Crippen molar-refractivity contribution in [3.05, 3.63) is 24.3 Å². The molecule has 1 unspecified atom stereocenters. The number of carbonyl (C=O) groups is 3. The normalized spacial score (nSPS) is 20.4. The zero-order valence-corrected chi connectivity index (χ0v) is 15.4. The number of hydrogen-bond donors (Lipinski definition) is 3. The van der Waals surface area contributed by atoms with Gasteiger partial charge in [-0.3, -0.25) is 19.7 Å². The number of nitrogens with two attached hydrogens (primary N) is 1. The van der Waals surface area contributed by atoms with Gasteiger partial charge in [0.25, 0.3) is 0 Å². The Morgan fingerprint density at radius 3 is 2.48 bits per heavy atom. The molecular weight excluding hydrogens is 346 g/mol. The molecule has 2 saturated heterocycles. The molecule has 2 aliphatic heterocycles. The number of nitrogens with zero attached hydrogens (tertiary/aromatic N) is 2. The van der Waals surface area contributed by atoms with E-state index in [0.717, 1.165) is 44.0 Å². The van der Waals surface area contributed by atoms with Gasteiger partial charge in [0.2, 0.25) is 17.7 Å². The molecule has 0 radical (unpaired) electrons. The van der Waals surface area contributed by atoms with E-state index in [1.54, 1.807) is 0 Å². The number of imide groups is 1. The first-order chi connectivity index (χ1) is 13.1. The van der Waals surface area contributed by atoms with Crippen molar-refractivity contribution in [3.63, 3.8) is 0 Å². The predicted octanol–water partition coefficient (Wildman–Crippen LogP) is 0.291. The second kappa shape index (κ2) is 8.85. The van der Waals surface area contributed by atoms with Crippen LogP contribution in [0.15, 0.2) is 24.3 Å². The summed E-state index contributed by atoms with van der Waals surface area (Å²) in [4.78, 5) is 39.3. The van der Waals surface area contributed by atoms with Crippen LogP contribution in [0.4, 0.5) is 11.4 Å². The van der Waals surface area contributed by atoms with E-state index in [4.69, 9.17) is 5.73 Å². The van der Waals surface area contributed by atoms with Gasteiger partial charge in [-0.15, -0.1) is 0 Å². The molecule has 0 bridgehead atoms. The van der Waals surface area contributed by atoms with E-state index in [1.807, 2.05) is 29.2 Å². The van der Waals surface area contributed by atoms with Crippen molar-refractivity contribution in [2.24, 2.45) is 5.73 Å². The molecule has 8 heteroatoms. The molecule has 2 fully saturated rings. The monoisotopic (exact) mass is 373 g/mol. The van der Waals surface area contributed by atoms with E-state index in [9.17, 15) is 14.4 Å². The molecule has 1 aromatic carbocycles. The smallest absolute Gasteiger partial charge is 0.249 e. The lowest BCUT2D eigenvalue weighted by atomic mass is 10.1. The summed E-state index contributed by atoms with van der Waals surface area (Å²) < 4.78 is 0. The quantitative estimate of drug-likeness (QED) is 0.619. The van der Waals surface area contributed by atoms with Crippen LogP contribution in [-0.4, -0.2) is 61.4 Å². The van der Waals surface area contributed by atoms with Gasteiger partial charge >= 0.3 is 0 Å². The van der Waals surface area contributed by atoms with Crippen LogP contribution in [0, 0.1) is 0 Å². The number of rotatable bonds is 6. The molecule has 0 aliphatic carbocycles. The van der Waals surface area contributed by atoms with Crippen LogP contribution in [0.5, 0.6) is 0 Å². The third-order valence-corrected chi connectivity index (χ3v) is 5.04. The number of amides is 3. The molecule has 146 valence electrons. The SMILES string of the molecule is NCCCC(=O)N1CCN(c2ccc(NC3CCC(=O)NC3=O)cc2)CC1. The zero-order valence-electron chi connectivity index (χ0n) is 15.4. The molecule has 0 saturated carbocycles. The third-order valence-electron chi connectivity index (χ3n) is 5.04. The van der Waals surface area contributed by atoms with E-state index in [0.29, 0.717) is 25.8 Å². The Kier molecular flexibility index (Phi) is 6.28. The Bertz CT molecular complexity index is 683. The number of nitrogens with one attached hydrogen (secondary N) is 2. The molecule has 4 N–H and O–H groups in total. The first-order valence-corrected chi connectivity index (χ1v) is 9.50. The molecule has 1 atom stereocenters. The lowest BCUT2D eigenvalue weighted by Gasteiger charge is -2.36. The number of anilines is 2. The minimum absolute atomic E-state index is 0.184. The van der Waals surface area contributed by atoms with Crippen LogP contribution in [0.1, 0.15) is 25.7 Å². The third kappa shape index (κ3) is 4.97. The molecular formula is C19H27N5O3. The molecule has 1 aromatic rings. The highest BCUT2D eigenvalue weighted by Crippen LogP contribution is 2.21. The molecule has 0 spiro atoms. The molecule has 2 heterocycles. The van der Waals surface area contributed by atoms with Gasteiger partial charge in [0.05, 0.1) is 0 Å². The van der Waals surface area contributed by atoms with Crippen molar-refractivity contribution in [1.29, 1.82) is 0 Å². The Morgan fingerprint density at radius 1 is 1.15 bits per heavy atom. The molecule has 2 aliphatic rings. The highest BCUT2D eigenvalue weighted by Gasteiger charge is 2.26. The average molecular weight is 373 g/mol. The molecule has 0 aromatic heterocycles. The highest BCUT2D eigenvalue weighted by atomic mass is 16.2. The Hall–Kier alpha value is -2.61. The maximum Gasteiger partial charge on any atom is 0.249 e. The number of benzene rings is 1. The second-order valence-electron chi connectivity index (χ2n) is 6.95. The minimum Gasteiger partial charge on any atom is -0.374 e. The summed E-state index contributed by atoms with van der Waals surface area (Å²) in [6.45, 7) is 3.59. The fraction of sp³-hybridized carbons (Fsp3) is 0.526. The lowest BCUT2D eigenvalue weighted by Crippen LogP contribution is -2.48. The van der Waals surface area contributed by atoms with Crippen LogP contribution in [-0.2, 0) is 14.4 Å². The summed E-state index contributed by atoms with van der Waals surface area (Å²) in [6.07, 6.45) is 2.13. The molecule has 3 amide bonds. The van der Waals surface area contributed by atoms with Gasteiger partial charge in [-0.05, 0) is 43.7 Å².